The molecule has 19 heavy (non-hydrogen) atoms. The van der Waals surface area contributed by atoms with E-state index in [1.165, 1.54) is 17.5 Å². The van der Waals surface area contributed by atoms with Crippen LogP contribution in [0.5, 0.6) is 0 Å². The zero-order chi connectivity index (χ0) is 13.5. The molecule has 0 aliphatic rings. The fourth-order valence-electron chi connectivity index (χ4n) is 2.17. The van der Waals surface area contributed by atoms with Gasteiger partial charge in [-0.15, -0.1) is 0 Å². The molecule has 1 nitrogen and oxygen atoms in total. The maximum atomic E-state index is 3.66. The van der Waals surface area contributed by atoms with Crippen molar-refractivity contribution in [3.63, 3.8) is 0 Å². The van der Waals surface area contributed by atoms with Crippen molar-refractivity contribution in [1.82, 2.24) is 5.32 Å². The Labute approximate surface area is 128 Å². The maximum Gasteiger partial charge on any atom is 0.0323 e. The Morgan fingerprint density at radius 1 is 1.32 bits per heavy atom. The number of hydrogen-bond donors (Lipinski definition) is 1. The van der Waals surface area contributed by atoms with Gasteiger partial charge in [0.25, 0.3) is 0 Å². The lowest BCUT2D eigenvalue weighted by atomic mass is 10.00. The molecule has 1 heterocycles. The van der Waals surface area contributed by atoms with Crippen LogP contribution >= 0.6 is 27.3 Å². The SMILES string of the molecule is CCCNC(CCc1ccsc1)c1cccc(Br)c1. The summed E-state index contributed by atoms with van der Waals surface area (Å²) in [7, 11) is 0. The molecule has 1 atom stereocenters. The normalized spacial score (nSPS) is 12.5. The molecule has 1 aromatic heterocycles. The van der Waals surface area contributed by atoms with E-state index in [0.717, 1.165) is 23.9 Å². The smallest absolute Gasteiger partial charge is 0.0323 e. The Morgan fingerprint density at radius 2 is 2.21 bits per heavy atom. The summed E-state index contributed by atoms with van der Waals surface area (Å²) in [6.45, 7) is 3.28. The zero-order valence-electron chi connectivity index (χ0n) is 11.2. The molecule has 0 saturated heterocycles. The topological polar surface area (TPSA) is 12.0 Å². The van der Waals surface area contributed by atoms with Gasteiger partial charge in [-0.2, -0.15) is 11.3 Å². The van der Waals surface area contributed by atoms with Gasteiger partial charge in [0.2, 0.25) is 0 Å². The van der Waals surface area contributed by atoms with Crippen LogP contribution in [0, 0.1) is 0 Å². The number of hydrogen-bond acceptors (Lipinski definition) is 2. The van der Waals surface area contributed by atoms with Gasteiger partial charge in [-0.1, -0.05) is 35.0 Å². The van der Waals surface area contributed by atoms with E-state index in [1.807, 2.05) is 0 Å². The summed E-state index contributed by atoms with van der Waals surface area (Å²) in [5, 5.41) is 8.06. The number of thiophene rings is 1. The average Bonchev–Trinajstić information content (AvgIpc) is 2.92. The highest BCUT2D eigenvalue weighted by atomic mass is 79.9. The van der Waals surface area contributed by atoms with E-state index in [4.69, 9.17) is 0 Å². The van der Waals surface area contributed by atoms with Crippen molar-refractivity contribution in [3.05, 3.63) is 56.7 Å². The third-order valence-corrected chi connectivity index (χ3v) is 4.42. The van der Waals surface area contributed by atoms with Gasteiger partial charge in [-0.05, 0) is 65.9 Å². The standard InChI is InChI=1S/C16H20BrNS/c1-2-9-18-16(7-6-13-8-10-19-12-13)14-4-3-5-15(17)11-14/h3-5,8,10-12,16,18H,2,6-7,9H2,1H3. The maximum absolute atomic E-state index is 3.66. The summed E-state index contributed by atoms with van der Waals surface area (Å²) in [6, 6.07) is 11.3. The van der Waals surface area contributed by atoms with E-state index >= 15 is 0 Å². The first kappa shape index (κ1) is 14.8. The van der Waals surface area contributed by atoms with E-state index in [2.05, 4.69) is 69.3 Å². The van der Waals surface area contributed by atoms with E-state index < -0.39 is 0 Å². The summed E-state index contributed by atoms with van der Waals surface area (Å²) in [4.78, 5) is 0. The minimum absolute atomic E-state index is 0.442. The highest BCUT2D eigenvalue weighted by Crippen LogP contribution is 2.23. The highest BCUT2D eigenvalue weighted by molar-refractivity contribution is 9.10. The lowest BCUT2D eigenvalue weighted by Gasteiger charge is -2.19. The Balaban J connectivity index is 2.02. The minimum atomic E-state index is 0.442. The predicted molar refractivity (Wildman–Crippen MR) is 87.8 cm³/mol. The van der Waals surface area contributed by atoms with Crippen LogP contribution in [0.25, 0.3) is 0 Å². The molecule has 0 amide bonds. The molecular formula is C16H20BrNS. The molecule has 0 fully saturated rings. The third-order valence-electron chi connectivity index (χ3n) is 3.19. The summed E-state index contributed by atoms with van der Waals surface area (Å²) >= 11 is 5.34. The Bertz CT molecular complexity index is 481. The first-order valence-electron chi connectivity index (χ1n) is 6.79. The Kier molecular flexibility index (Phi) is 6.08. The Hall–Kier alpha value is -0.640. The predicted octanol–water partition coefficient (Wildman–Crippen LogP) is 5.18. The lowest BCUT2D eigenvalue weighted by molar-refractivity contribution is 0.499. The number of rotatable bonds is 7. The van der Waals surface area contributed by atoms with Gasteiger partial charge in [-0.25, -0.2) is 0 Å². The van der Waals surface area contributed by atoms with Gasteiger partial charge < -0.3 is 5.32 Å². The summed E-state index contributed by atoms with van der Waals surface area (Å²) in [5.74, 6) is 0. The molecule has 1 unspecified atom stereocenters. The van der Waals surface area contributed by atoms with Crippen molar-refractivity contribution >= 4 is 27.3 Å². The number of aryl methyl sites for hydroxylation is 1. The largest absolute Gasteiger partial charge is 0.310 e. The summed E-state index contributed by atoms with van der Waals surface area (Å²) < 4.78 is 1.16. The van der Waals surface area contributed by atoms with Crippen molar-refractivity contribution in [2.45, 2.75) is 32.2 Å². The first-order valence-corrected chi connectivity index (χ1v) is 8.53. The molecule has 2 aromatic rings. The fraction of sp³-hybridized carbons (Fsp3) is 0.375. The van der Waals surface area contributed by atoms with Gasteiger partial charge in [0, 0.05) is 10.5 Å². The molecule has 0 radical (unpaired) electrons. The molecule has 2 rings (SSSR count). The molecule has 0 saturated carbocycles. The molecule has 0 aliphatic heterocycles. The quantitative estimate of drug-likeness (QED) is 0.733. The van der Waals surface area contributed by atoms with E-state index in [0.29, 0.717) is 6.04 Å². The molecule has 3 heteroatoms. The van der Waals surface area contributed by atoms with Crippen molar-refractivity contribution in [3.8, 4) is 0 Å². The van der Waals surface area contributed by atoms with E-state index in [9.17, 15) is 0 Å². The van der Waals surface area contributed by atoms with Crippen molar-refractivity contribution in [2.24, 2.45) is 0 Å². The number of nitrogens with one attached hydrogen (secondary N) is 1. The van der Waals surface area contributed by atoms with Crippen LogP contribution in [0.3, 0.4) is 0 Å². The second-order valence-corrected chi connectivity index (χ2v) is 6.43. The van der Waals surface area contributed by atoms with Crippen LogP contribution < -0.4 is 5.32 Å². The van der Waals surface area contributed by atoms with E-state index in [1.54, 1.807) is 11.3 Å². The average molecular weight is 338 g/mol. The van der Waals surface area contributed by atoms with Crippen LogP contribution in [-0.4, -0.2) is 6.54 Å². The molecule has 1 aromatic carbocycles. The van der Waals surface area contributed by atoms with Crippen LogP contribution in [0.4, 0.5) is 0 Å². The molecular weight excluding hydrogens is 318 g/mol. The van der Waals surface area contributed by atoms with Crippen molar-refractivity contribution < 1.29 is 0 Å². The minimum Gasteiger partial charge on any atom is -0.310 e. The summed E-state index contributed by atoms with van der Waals surface area (Å²) in [6.07, 6.45) is 3.45. The van der Waals surface area contributed by atoms with Crippen LogP contribution in [0.2, 0.25) is 0 Å². The fourth-order valence-corrected chi connectivity index (χ4v) is 3.29. The van der Waals surface area contributed by atoms with E-state index in [-0.39, 0.29) is 0 Å². The zero-order valence-corrected chi connectivity index (χ0v) is 13.6. The van der Waals surface area contributed by atoms with Crippen LogP contribution in [0.1, 0.15) is 36.9 Å². The molecule has 0 aliphatic carbocycles. The lowest BCUT2D eigenvalue weighted by Crippen LogP contribution is -2.22. The monoisotopic (exact) mass is 337 g/mol. The second kappa shape index (κ2) is 7.83. The van der Waals surface area contributed by atoms with Crippen LogP contribution in [-0.2, 0) is 6.42 Å². The van der Waals surface area contributed by atoms with Crippen LogP contribution in [0.15, 0.2) is 45.6 Å². The number of halogens is 1. The first-order chi connectivity index (χ1) is 9.29. The third kappa shape index (κ3) is 4.75. The van der Waals surface area contributed by atoms with Crippen molar-refractivity contribution in [2.75, 3.05) is 6.54 Å². The van der Waals surface area contributed by atoms with Gasteiger partial charge >= 0.3 is 0 Å². The van der Waals surface area contributed by atoms with Gasteiger partial charge in [0.05, 0.1) is 0 Å². The molecule has 1 N–H and O–H groups in total. The number of benzene rings is 1. The molecule has 102 valence electrons. The summed E-state index contributed by atoms with van der Waals surface area (Å²) in [5.41, 5.74) is 2.82. The van der Waals surface area contributed by atoms with Crippen molar-refractivity contribution in [1.29, 1.82) is 0 Å². The van der Waals surface area contributed by atoms with Gasteiger partial charge in [0.1, 0.15) is 0 Å². The second-order valence-electron chi connectivity index (χ2n) is 4.73. The Morgan fingerprint density at radius 3 is 2.89 bits per heavy atom. The highest BCUT2D eigenvalue weighted by Gasteiger charge is 2.11. The van der Waals surface area contributed by atoms with Gasteiger partial charge in [-0.3, -0.25) is 0 Å². The molecule has 0 bridgehead atoms. The molecule has 0 spiro atoms. The van der Waals surface area contributed by atoms with Gasteiger partial charge in [0.15, 0.2) is 0 Å².